The zero-order valence-electron chi connectivity index (χ0n) is 13.3. The largest absolute Gasteiger partial charge is 0.452 e. The molecule has 1 N–H and O–H groups in total. The molecule has 0 spiro atoms. The van der Waals surface area contributed by atoms with Gasteiger partial charge in [-0.15, -0.1) is 0 Å². The first-order valence-corrected chi connectivity index (χ1v) is 7.15. The minimum absolute atomic E-state index is 0.0429. The molecule has 9 nitrogen and oxygen atoms in total. The van der Waals surface area contributed by atoms with Gasteiger partial charge in [0.2, 0.25) is 6.29 Å². The highest BCUT2D eigenvalue weighted by atomic mass is 16.7. The van der Waals surface area contributed by atoms with Gasteiger partial charge in [0.15, 0.2) is 0 Å². The predicted octanol–water partition coefficient (Wildman–Crippen LogP) is 2.63. The summed E-state index contributed by atoms with van der Waals surface area (Å²) < 4.78 is 10.8. The number of nitro benzene ring substituents is 2. The number of aliphatic hydroxyl groups excluding tert-OH is 1. The topological polar surface area (TPSA) is 125 Å². The predicted molar refractivity (Wildman–Crippen MR) is 81.6 cm³/mol. The van der Waals surface area contributed by atoms with Crippen molar-refractivity contribution in [2.24, 2.45) is 0 Å². The molecule has 23 heavy (non-hydrogen) atoms. The highest BCUT2D eigenvalue weighted by molar-refractivity contribution is 5.66. The normalized spacial score (nSPS) is 12.0. The molecular formula is C14H20N2O7. The van der Waals surface area contributed by atoms with Crippen molar-refractivity contribution in [3.8, 4) is 5.75 Å². The summed E-state index contributed by atoms with van der Waals surface area (Å²) in [5.41, 5.74) is -0.250. The zero-order valence-corrected chi connectivity index (χ0v) is 13.3. The summed E-state index contributed by atoms with van der Waals surface area (Å²) in [4.78, 5) is 21.1. The Balaban J connectivity index is 3.37. The number of hydrogen-bond acceptors (Lipinski definition) is 7. The maximum atomic E-state index is 11.3. The molecule has 9 heteroatoms. The maximum Gasteiger partial charge on any atom is 0.321 e. The average Bonchev–Trinajstić information content (AvgIpc) is 2.47. The molecule has 0 heterocycles. The van der Waals surface area contributed by atoms with Crippen molar-refractivity contribution >= 4 is 11.4 Å². The third-order valence-corrected chi connectivity index (χ3v) is 3.25. The Labute approximate surface area is 133 Å². The maximum absolute atomic E-state index is 11.3. The molecule has 0 aliphatic carbocycles. The van der Waals surface area contributed by atoms with E-state index in [0.29, 0.717) is 18.6 Å². The van der Waals surface area contributed by atoms with Gasteiger partial charge < -0.3 is 14.6 Å². The van der Waals surface area contributed by atoms with Crippen molar-refractivity contribution in [3.05, 3.63) is 37.4 Å². The third-order valence-electron chi connectivity index (χ3n) is 3.25. The lowest BCUT2D eigenvalue weighted by molar-refractivity contribution is -0.397. The number of ether oxygens (including phenoxy) is 2. The van der Waals surface area contributed by atoms with Crippen molar-refractivity contribution in [1.82, 2.24) is 0 Å². The van der Waals surface area contributed by atoms with E-state index < -0.39 is 33.3 Å². The minimum Gasteiger partial charge on any atom is -0.452 e. The summed E-state index contributed by atoms with van der Waals surface area (Å²) in [6.45, 7) is 4.94. The summed E-state index contributed by atoms with van der Waals surface area (Å²) in [5, 5.41) is 31.6. The molecule has 0 saturated heterocycles. The fraction of sp³-hybridized carbons (Fsp3) is 0.571. The highest BCUT2D eigenvalue weighted by Gasteiger charge is 2.32. The van der Waals surface area contributed by atoms with Crippen molar-refractivity contribution < 1.29 is 24.4 Å². The fourth-order valence-electron chi connectivity index (χ4n) is 1.99. The average molecular weight is 328 g/mol. The van der Waals surface area contributed by atoms with E-state index in [-0.39, 0.29) is 18.6 Å². The van der Waals surface area contributed by atoms with Crippen molar-refractivity contribution in [2.45, 2.75) is 39.9 Å². The van der Waals surface area contributed by atoms with Crippen LogP contribution < -0.4 is 4.74 Å². The molecule has 1 rings (SSSR count). The number of nitrogens with zero attached hydrogens (tertiary/aromatic N) is 2. The summed E-state index contributed by atoms with van der Waals surface area (Å²) >= 11 is 0. The fourth-order valence-corrected chi connectivity index (χ4v) is 1.99. The number of hydrogen-bond donors (Lipinski definition) is 1. The van der Waals surface area contributed by atoms with Gasteiger partial charge in [-0.2, -0.15) is 0 Å². The Morgan fingerprint density at radius 1 is 1.26 bits per heavy atom. The zero-order chi connectivity index (χ0) is 17.6. The van der Waals surface area contributed by atoms with E-state index in [2.05, 4.69) is 0 Å². The van der Waals surface area contributed by atoms with Crippen LogP contribution in [0.2, 0.25) is 0 Å². The van der Waals surface area contributed by atoms with Crippen LogP contribution in [0.5, 0.6) is 5.75 Å². The minimum atomic E-state index is -1.00. The monoisotopic (exact) mass is 328 g/mol. The molecule has 0 radical (unpaired) electrons. The molecule has 0 fully saturated rings. The summed E-state index contributed by atoms with van der Waals surface area (Å²) in [6, 6.07) is 1.23. The molecule has 1 aromatic carbocycles. The number of aryl methyl sites for hydroxylation is 1. The second-order valence-corrected chi connectivity index (χ2v) is 4.96. The highest BCUT2D eigenvalue weighted by Crippen LogP contribution is 2.41. The standard InChI is InChI=1S/C14H20N2O7/c1-4-7-22-12(5-6-17)23-14-11(15(18)19)8-9(2)10(3)13(14)16(20)21/h8,12,17H,4-7H2,1-3H3. The van der Waals surface area contributed by atoms with E-state index in [9.17, 15) is 20.2 Å². The molecule has 0 aromatic heterocycles. The van der Waals surface area contributed by atoms with Gasteiger partial charge >= 0.3 is 11.4 Å². The number of nitro groups is 2. The smallest absolute Gasteiger partial charge is 0.321 e. The second kappa shape index (κ2) is 8.39. The molecule has 128 valence electrons. The first kappa shape index (κ1) is 18.8. The Morgan fingerprint density at radius 2 is 1.91 bits per heavy atom. The van der Waals surface area contributed by atoms with Gasteiger partial charge in [0.05, 0.1) is 16.5 Å². The van der Waals surface area contributed by atoms with Gasteiger partial charge in [-0.05, 0) is 25.8 Å². The van der Waals surface area contributed by atoms with Crippen LogP contribution in [0, 0.1) is 34.1 Å². The van der Waals surface area contributed by atoms with Crippen LogP contribution in [0.3, 0.4) is 0 Å². The van der Waals surface area contributed by atoms with Gasteiger partial charge in [0, 0.05) is 24.7 Å². The first-order valence-electron chi connectivity index (χ1n) is 7.15. The summed E-state index contributed by atoms with van der Waals surface area (Å²) in [6.07, 6.45) is -0.289. The van der Waals surface area contributed by atoms with Gasteiger partial charge in [-0.3, -0.25) is 20.2 Å². The SMILES string of the molecule is CCCOC(CCO)Oc1c([N+](=O)[O-])cc(C)c(C)c1[N+](=O)[O-]. The Hall–Kier alpha value is -2.26. The van der Waals surface area contributed by atoms with Crippen LogP contribution in [0.1, 0.15) is 30.9 Å². The van der Waals surface area contributed by atoms with Crippen LogP contribution in [0.25, 0.3) is 0 Å². The first-order chi connectivity index (χ1) is 10.8. The number of rotatable bonds is 9. The van der Waals surface area contributed by atoms with E-state index in [1.54, 1.807) is 6.92 Å². The molecule has 1 unspecified atom stereocenters. The van der Waals surface area contributed by atoms with Crippen LogP contribution in [0.15, 0.2) is 6.07 Å². The summed E-state index contributed by atoms with van der Waals surface area (Å²) in [5.74, 6) is -0.447. The van der Waals surface area contributed by atoms with Crippen molar-refractivity contribution in [1.29, 1.82) is 0 Å². The van der Waals surface area contributed by atoms with Crippen LogP contribution in [0.4, 0.5) is 11.4 Å². The Kier molecular flexibility index (Phi) is 6.86. The van der Waals surface area contributed by atoms with Gasteiger partial charge in [-0.25, -0.2) is 0 Å². The molecule has 0 aliphatic rings. The van der Waals surface area contributed by atoms with Gasteiger partial charge in [0.1, 0.15) is 0 Å². The van der Waals surface area contributed by atoms with Crippen molar-refractivity contribution in [2.75, 3.05) is 13.2 Å². The Morgan fingerprint density at radius 3 is 2.39 bits per heavy atom. The molecule has 0 bridgehead atoms. The lowest BCUT2D eigenvalue weighted by atomic mass is 10.1. The van der Waals surface area contributed by atoms with Crippen LogP contribution in [-0.2, 0) is 4.74 Å². The van der Waals surface area contributed by atoms with Gasteiger partial charge in [-0.1, -0.05) is 6.92 Å². The van der Waals surface area contributed by atoms with E-state index in [1.807, 2.05) is 6.92 Å². The van der Waals surface area contributed by atoms with E-state index in [1.165, 1.54) is 13.0 Å². The number of benzene rings is 1. The van der Waals surface area contributed by atoms with Crippen LogP contribution >= 0.6 is 0 Å². The molecule has 0 amide bonds. The second-order valence-electron chi connectivity index (χ2n) is 4.96. The van der Waals surface area contributed by atoms with Crippen molar-refractivity contribution in [3.63, 3.8) is 0 Å². The molecule has 0 aliphatic heterocycles. The molecular weight excluding hydrogens is 308 g/mol. The lowest BCUT2D eigenvalue weighted by Crippen LogP contribution is -2.23. The molecule has 1 aromatic rings. The quantitative estimate of drug-likeness (QED) is 0.419. The lowest BCUT2D eigenvalue weighted by Gasteiger charge is -2.19. The van der Waals surface area contributed by atoms with E-state index in [4.69, 9.17) is 14.6 Å². The van der Waals surface area contributed by atoms with Crippen LogP contribution in [-0.4, -0.2) is 34.5 Å². The number of aliphatic hydroxyl groups is 1. The third kappa shape index (κ3) is 4.60. The summed E-state index contributed by atoms with van der Waals surface area (Å²) in [7, 11) is 0. The van der Waals surface area contributed by atoms with E-state index >= 15 is 0 Å². The van der Waals surface area contributed by atoms with Gasteiger partial charge in [0.25, 0.3) is 5.75 Å². The molecule has 0 saturated carbocycles. The molecule has 1 atom stereocenters. The van der Waals surface area contributed by atoms with E-state index in [0.717, 1.165) is 0 Å². The Bertz CT molecular complexity index is 589.